The number of benzene rings is 2. The van der Waals surface area contributed by atoms with Crippen LogP contribution >= 0.6 is 11.3 Å². The van der Waals surface area contributed by atoms with Crippen LogP contribution in [0, 0.1) is 0 Å². The van der Waals surface area contributed by atoms with E-state index >= 15 is 0 Å². The van der Waals surface area contributed by atoms with Gasteiger partial charge in [-0.05, 0) is 36.3 Å². The van der Waals surface area contributed by atoms with Crippen LogP contribution < -0.4 is 10.3 Å². The molecule has 0 aliphatic carbocycles. The molecule has 4 aromatic rings. The van der Waals surface area contributed by atoms with Gasteiger partial charge in [-0.1, -0.05) is 56.3 Å². The van der Waals surface area contributed by atoms with E-state index < -0.39 is 0 Å². The molecule has 0 saturated carbocycles. The summed E-state index contributed by atoms with van der Waals surface area (Å²) in [6, 6.07) is 18.1. The third-order valence-electron chi connectivity index (χ3n) is 5.91. The SMILES string of the molecule is CCN(CC)CCn1c(Cc2ccc(OC)cc2)nc2scc(-c3ccccc3)c2c1=O. The summed E-state index contributed by atoms with van der Waals surface area (Å²) < 4.78 is 7.16. The zero-order valence-corrected chi connectivity index (χ0v) is 19.7. The number of nitrogens with zero attached hydrogens (tertiary/aromatic N) is 3. The molecule has 2 heterocycles. The van der Waals surface area contributed by atoms with Gasteiger partial charge < -0.3 is 9.64 Å². The topological polar surface area (TPSA) is 47.4 Å². The van der Waals surface area contributed by atoms with Crippen LogP contribution in [0.15, 0.2) is 64.8 Å². The molecule has 2 aromatic carbocycles. The molecule has 5 nitrogen and oxygen atoms in total. The summed E-state index contributed by atoms with van der Waals surface area (Å²) >= 11 is 1.54. The summed E-state index contributed by atoms with van der Waals surface area (Å²) in [6.07, 6.45) is 0.603. The second kappa shape index (κ2) is 10.1. The number of thiophene rings is 1. The van der Waals surface area contributed by atoms with E-state index in [4.69, 9.17) is 9.72 Å². The van der Waals surface area contributed by atoms with Crippen LogP contribution in [0.1, 0.15) is 25.2 Å². The highest BCUT2D eigenvalue weighted by atomic mass is 32.1. The molecular weight excluding hydrogens is 418 g/mol. The Morgan fingerprint density at radius 3 is 2.41 bits per heavy atom. The van der Waals surface area contributed by atoms with E-state index in [0.717, 1.165) is 58.1 Å². The van der Waals surface area contributed by atoms with Crippen LogP contribution in [0.5, 0.6) is 5.75 Å². The largest absolute Gasteiger partial charge is 0.497 e. The number of rotatable bonds is 9. The number of hydrogen-bond acceptors (Lipinski definition) is 5. The van der Waals surface area contributed by atoms with Crippen LogP contribution in [0.25, 0.3) is 21.3 Å². The molecule has 0 radical (unpaired) electrons. The molecule has 0 bridgehead atoms. The molecule has 0 amide bonds. The molecule has 4 rings (SSSR count). The maximum Gasteiger partial charge on any atom is 0.262 e. The molecular formula is C26H29N3O2S. The first-order valence-corrected chi connectivity index (χ1v) is 11.9. The number of aromatic nitrogens is 2. The Bertz CT molecular complexity index is 1230. The van der Waals surface area contributed by atoms with E-state index in [1.54, 1.807) is 18.4 Å². The monoisotopic (exact) mass is 447 g/mol. The first kappa shape index (κ1) is 22.2. The van der Waals surface area contributed by atoms with Crippen LogP contribution in [0.3, 0.4) is 0 Å². The van der Waals surface area contributed by atoms with Crippen molar-refractivity contribution in [3.8, 4) is 16.9 Å². The Morgan fingerprint density at radius 2 is 1.75 bits per heavy atom. The van der Waals surface area contributed by atoms with E-state index in [0.29, 0.717) is 13.0 Å². The fourth-order valence-corrected chi connectivity index (χ4v) is 4.93. The molecule has 0 N–H and O–H groups in total. The number of ether oxygens (including phenoxy) is 1. The first-order valence-electron chi connectivity index (χ1n) is 11.1. The number of likely N-dealkylation sites (N-methyl/N-ethyl adjacent to an activating group) is 1. The Kier molecular flexibility index (Phi) is 7.02. The molecule has 166 valence electrons. The second-order valence-corrected chi connectivity index (χ2v) is 8.59. The zero-order chi connectivity index (χ0) is 22.5. The van der Waals surface area contributed by atoms with Crippen molar-refractivity contribution in [3.05, 3.63) is 81.7 Å². The lowest BCUT2D eigenvalue weighted by Crippen LogP contribution is -2.33. The minimum absolute atomic E-state index is 0.0470. The van der Waals surface area contributed by atoms with Gasteiger partial charge in [-0.3, -0.25) is 9.36 Å². The summed E-state index contributed by atoms with van der Waals surface area (Å²) in [6.45, 7) is 7.67. The quantitative estimate of drug-likeness (QED) is 0.360. The summed E-state index contributed by atoms with van der Waals surface area (Å²) in [7, 11) is 1.66. The lowest BCUT2D eigenvalue weighted by Gasteiger charge is -2.20. The number of fused-ring (bicyclic) bond motifs is 1. The van der Waals surface area contributed by atoms with Crippen LogP contribution in [0.4, 0.5) is 0 Å². The van der Waals surface area contributed by atoms with Gasteiger partial charge in [0, 0.05) is 30.5 Å². The lowest BCUT2D eigenvalue weighted by molar-refractivity contribution is 0.287. The summed E-state index contributed by atoms with van der Waals surface area (Å²) in [5.74, 6) is 1.63. The molecule has 2 aromatic heterocycles. The fraction of sp³-hybridized carbons (Fsp3) is 0.308. The maximum absolute atomic E-state index is 13.8. The summed E-state index contributed by atoms with van der Waals surface area (Å²) in [5, 5.41) is 2.78. The normalized spacial score (nSPS) is 11.4. The van der Waals surface area contributed by atoms with Crippen molar-refractivity contribution < 1.29 is 4.74 Å². The molecule has 0 aliphatic rings. The van der Waals surface area contributed by atoms with Gasteiger partial charge in [-0.25, -0.2) is 4.98 Å². The third kappa shape index (κ3) is 4.61. The minimum atomic E-state index is 0.0470. The van der Waals surface area contributed by atoms with Crippen molar-refractivity contribution in [2.45, 2.75) is 26.8 Å². The van der Waals surface area contributed by atoms with Crippen LogP contribution in [-0.4, -0.2) is 41.2 Å². The van der Waals surface area contributed by atoms with Gasteiger partial charge >= 0.3 is 0 Å². The Labute approximate surface area is 192 Å². The maximum atomic E-state index is 13.8. The van der Waals surface area contributed by atoms with Crippen molar-refractivity contribution in [2.75, 3.05) is 26.7 Å². The van der Waals surface area contributed by atoms with Crippen molar-refractivity contribution in [2.24, 2.45) is 0 Å². The van der Waals surface area contributed by atoms with E-state index in [-0.39, 0.29) is 5.56 Å². The van der Waals surface area contributed by atoms with E-state index in [1.807, 2.05) is 59.2 Å². The Balaban J connectivity index is 1.80. The Morgan fingerprint density at radius 1 is 1.03 bits per heavy atom. The van der Waals surface area contributed by atoms with Gasteiger partial charge in [0.2, 0.25) is 0 Å². The second-order valence-electron chi connectivity index (χ2n) is 7.73. The van der Waals surface area contributed by atoms with Gasteiger partial charge in [0.1, 0.15) is 16.4 Å². The summed E-state index contributed by atoms with van der Waals surface area (Å²) in [4.78, 5) is 21.9. The predicted molar refractivity (Wildman–Crippen MR) is 133 cm³/mol. The number of methoxy groups -OCH3 is 1. The lowest BCUT2D eigenvalue weighted by atomic mass is 10.1. The predicted octanol–water partition coefficient (Wildman–Crippen LogP) is 5.07. The van der Waals surface area contributed by atoms with E-state index in [2.05, 4.69) is 24.1 Å². The van der Waals surface area contributed by atoms with Crippen molar-refractivity contribution in [1.29, 1.82) is 0 Å². The molecule has 0 spiro atoms. The average Bonchev–Trinajstić information content (AvgIpc) is 3.26. The molecule has 6 heteroatoms. The van der Waals surface area contributed by atoms with E-state index in [9.17, 15) is 4.79 Å². The molecule has 0 saturated heterocycles. The third-order valence-corrected chi connectivity index (χ3v) is 6.79. The Hall–Kier alpha value is -2.96. The average molecular weight is 448 g/mol. The molecule has 0 unspecified atom stereocenters. The van der Waals surface area contributed by atoms with Gasteiger partial charge in [0.25, 0.3) is 5.56 Å². The van der Waals surface area contributed by atoms with Gasteiger partial charge in [-0.2, -0.15) is 0 Å². The highest BCUT2D eigenvalue weighted by Gasteiger charge is 2.18. The van der Waals surface area contributed by atoms with Gasteiger partial charge in [0.05, 0.1) is 12.5 Å². The highest BCUT2D eigenvalue weighted by Crippen LogP contribution is 2.31. The zero-order valence-electron chi connectivity index (χ0n) is 18.9. The van der Waals surface area contributed by atoms with E-state index in [1.165, 1.54) is 0 Å². The molecule has 32 heavy (non-hydrogen) atoms. The molecule has 0 atom stereocenters. The fourth-order valence-electron chi connectivity index (χ4n) is 3.97. The highest BCUT2D eigenvalue weighted by molar-refractivity contribution is 7.17. The van der Waals surface area contributed by atoms with Crippen molar-refractivity contribution in [1.82, 2.24) is 14.5 Å². The van der Waals surface area contributed by atoms with Gasteiger partial charge in [0.15, 0.2) is 0 Å². The molecule has 0 fully saturated rings. The summed E-state index contributed by atoms with van der Waals surface area (Å²) in [5.41, 5.74) is 3.17. The van der Waals surface area contributed by atoms with Crippen LogP contribution in [0.2, 0.25) is 0 Å². The smallest absolute Gasteiger partial charge is 0.262 e. The van der Waals surface area contributed by atoms with Gasteiger partial charge in [-0.15, -0.1) is 11.3 Å². The first-order chi connectivity index (χ1) is 15.6. The van der Waals surface area contributed by atoms with Crippen molar-refractivity contribution in [3.63, 3.8) is 0 Å². The standard InChI is InChI=1S/C26H29N3O2S/c1-4-28(5-2)15-16-29-23(17-19-11-13-21(31-3)14-12-19)27-25-24(26(29)30)22(18-32-25)20-9-7-6-8-10-20/h6-14,18H,4-5,15-17H2,1-3H3. The molecule has 0 aliphatic heterocycles. The van der Waals surface area contributed by atoms with Crippen molar-refractivity contribution >= 4 is 21.6 Å². The number of hydrogen-bond donors (Lipinski definition) is 0. The van der Waals surface area contributed by atoms with Crippen LogP contribution in [-0.2, 0) is 13.0 Å². The minimum Gasteiger partial charge on any atom is -0.497 e.